The van der Waals surface area contributed by atoms with Crippen molar-refractivity contribution in [3.05, 3.63) is 88.2 Å². The van der Waals surface area contributed by atoms with Crippen LogP contribution >= 0.6 is 0 Å². The first-order chi connectivity index (χ1) is 15.7. The lowest BCUT2D eigenvalue weighted by molar-refractivity contribution is -0.385. The fourth-order valence-corrected chi connectivity index (χ4v) is 4.90. The summed E-state index contributed by atoms with van der Waals surface area (Å²) in [4.78, 5) is 10.9. The highest BCUT2D eigenvalue weighted by molar-refractivity contribution is 7.91. The molecule has 2 aromatic rings. The number of nitro groups is 1. The number of hydrogen-bond donors (Lipinski definition) is 0. The van der Waals surface area contributed by atoms with Crippen molar-refractivity contribution in [1.82, 2.24) is 0 Å². The number of methoxy groups -OCH3 is 1. The second-order valence-corrected chi connectivity index (χ2v) is 9.75. The lowest BCUT2D eigenvalue weighted by Crippen LogP contribution is -2.13. The van der Waals surface area contributed by atoms with E-state index in [9.17, 15) is 18.5 Å². The Kier molecular flexibility index (Phi) is 9.66. The van der Waals surface area contributed by atoms with E-state index in [0.717, 1.165) is 18.4 Å². The maximum Gasteiger partial charge on any atom is 0.269 e. The van der Waals surface area contributed by atoms with Gasteiger partial charge in [-0.2, -0.15) is 0 Å². The van der Waals surface area contributed by atoms with Gasteiger partial charge in [0.2, 0.25) is 0 Å². The van der Waals surface area contributed by atoms with Crippen LogP contribution in [0.15, 0.2) is 71.9 Å². The maximum atomic E-state index is 13.4. The van der Waals surface area contributed by atoms with Crippen LogP contribution in [0.5, 0.6) is 5.75 Å². The molecule has 8 heteroatoms. The average molecular weight is 474 g/mol. The van der Waals surface area contributed by atoms with Gasteiger partial charge in [0.15, 0.2) is 9.84 Å². The van der Waals surface area contributed by atoms with Crippen molar-refractivity contribution in [2.75, 3.05) is 12.9 Å². The van der Waals surface area contributed by atoms with Gasteiger partial charge in [0.05, 0.1) is 28.9 Å². The highest BCUT2D eigenvalue weighted by atomic mass is 32.2. The van der Waals surface area contributed by atoms with Crippen LogP contribution in [0.25, 0.3) is 0 Å². The SMILES string of the molecule is C=CC(C)OC=C(CCCC)CS(=O)(=O)c1ccc([N+](=O)[O-])cc1Cc1ccc(OC)cc1. The Labute approximate surface area is 195 Å². The number of rotatable bonds is 13. The highest BCUT2D eigenvalue weighted by Crippen LogP contribution is 2.28. The molecule has 0 spiro atoms. The number of benzene rings is 2. The van der Waals surface area contributed by atoms with Gasteiger partial charge in [-0.15, -0.1) is 0 Å². The van der Waals surface area contributed by atoms with Crippen molar-refractivity contribution in [2.45, 2.75) is 50.5 Å². The van der Waals surface area contributed by atoms with Gasteiger partial charge >= 0.3 is 0 Å². The van der Waals surface area contributed by atoms with Crippen molar-refractivity contribution in [3.63, 3.8) is 0 Å². The van der Waals surface area contributed by atoms with E-state index < -0.39 is 14.8 Å². The number of sulfone groups is 1. The summed E-state index contributed by atoms with van der Waals surface area (Å²) in [5.41, 5.74) is 1.70. The van der Waals surface area contributed by atoms with Gasteiger partial charge in [0.1, 0.15) is 11.9 Å². The number of non-ortho nitro benzene ring substituents is 1. The molecule has 0 N–H and O–H groups in total. The van der Waals surface area contributed by atoms with Crippen molar-refractivity contribution < 1.29 is 22.8 Å². The molecule has 0 aliphatic heterocycles. The molecule has 0 aliphatic carbocycles. The number of unbranched alkanes of at least 4 members (excludes halogenated alkanes) is 1. The van der Waals surface area contributed by atoms with Crippen molar-refractivity contribution in [1.29, 1.82) is 0 Å². The molecule has 1 atom stereocenters. The van der Waals surface area contributed by atoms with Gasteiger partial charge in [-0.1, -0.05) is 38.1 Å². The largest absolute Gasteiger partial charge is 0.497 e. The van der Waals surface area contributed by atoms with Crippen LogP contribution in [0.4, 0.5) is 5.69 Å². The first-order valence-electron chi connectivity index (χ1n) is 10.8. The topological polar surface area (TPSA) is 95.7 Å². The zero-order valence-corrected chi connectivity index (χ0v) is 20.1. The lowest BCUT2D eigenvalue weighted by atomic mass is 10.0. The summed E-state index contributed by atoms with van der Waals surface area (Å²) < 4.78 is 37.6. The molecule has 1 unspecified atom stereocenters. The Hall–Kier alpha value is -3.13. The fraction of sp³-hybridized carbons (Fsp3) is 0.360. The van der Waals surface area contributed by atoms with Gasteiger partial charge < -0.3 is 9.47 Å². The number of nitro benzene ring substituents is 1. The summed E-state index contributed by atoms with van der Waals surface area (Å²) in [6.07, 6.45) is 5.45. The van der Waals surface area contributed by atoms with Gasteiger partial charge in [-0.25, -0.2) is 8.42 Å². The molecule has 0 radical (unpaired) electrons. The minimum Gasteiger partial charge on any atom is -0.497 e. The molecule has 0 aromatic heterocycles. The third-order valence-electron chi connectivity index (χ3n) is 5.15. The van der Waals surface area contributed by atoms with Crippen LogP contribution in [-0.4, -0.2) is 32.3 Å². The first-order valence-corrected chi connectivity index (χ1v) is 12.4. The molecular weight excluding hydrogens is 442 g/mol. The third kappa shape index (κ3) is 7.75. The summed E-state index contributed by atoms with van der Waals surface area (Å²) in [7, 11) is -2.21. The van der Waals surface area contributed by atoms with E-state index in [2.05, 4.69) is 6.58 Å². The zero-order valence-electron chi connectivity index (χ0n) is 19.3. The molecule has 0 saturated heterocycles. The highest BCUT2D eigenvalue weighted by Gasteiger charge is 2.23. The predicted molar refractivity (Wildman–Crippen MR) is 129 cm³/mol. The van der Waals surface area contributed by atoms with Gasteiger partial charge in [-0.05, 0) is 61.1 Å². The van der Waals surface area contributed by atoms with E-state index in [1.165, 1.54) is 24.5 Å². The van der Waals surface area contributed by atoms with Crippen molar-refractivity contribution in [2.24, 2.45) is 0 Å². The summed E-state index contributed by atoms with van der Waals surface area (Å²) in [6.45, 7) is 7.52. The van der Waals surface area contributed by atoms with E-state index >= 15 is 0 Å². The Morgan fingerprint density at radius 2 is 1.91 bits per heavy atom. The molecule has 33 heavy (non-hydrogen) atoms. The minimum atomic E-state index is -3.77. The number of nitrogens with zero attached hydrogens (tertiary/aromatic N) is 1. The maximum absolute atomic E-state index is 13.4. The molecule has 0 bridgehead atoms. The standard InChI is InChI=1S/C25H31NO6S/c1-5-7-8-21(17-32-19(3)6-2)18-33(29,30)25-14-11-23(26(27)28)16-22(25)15-20-9-12-24(31-4)13-10-20/h6,9-14,16-17,19H,2,5,7-8,15,18H2,1,3-4H3. The summed E-state index contributed by atoms with van der Waals surface area (Å²) >= 11 is 0. The molecule has 0 aliphatic rings. The summed E-state index contributed by atoms with van der Waals surface area (Å²) in [5.74, 6) is 0.453. The molecule has 0 amide bonds. The molecule has 178 valence electrons. The quantitative estimate of drug-likeness (QED) is 0.162. The van der Waals surface area contributed by atoms with E-state index in [1.54, 1.807) is 25.3 Å². The molecule has 0 saturated carbocycles. The Balaban J connectivity index is 2.43. The van der Waals surface area contributed by atoms with E-state index in [-0.39, 0.29) is 28.9 Å². The second-order valence-electron chi connectivity index (χ2n) is 7.79. The zero-order chi connectivity index (χ0) is 24.4. The fourth-order valence-electron chi connectivity index (χ4n) is 3.23. The molecule has 7 nitrogen and oxygen atoms in total. The Bertz CT molecular complexity index is 1090. The van der Waals surface area contributed by atoms with Crippen LogP contribution in [0.3, 0.4) is 0 Å². The monoisotopic (exact) mass is 473 g/mol. The van der Waals surface area contributed by atoms with Crippen LogP contribution in [-0.2, 0) is 21.0 Å². The summed E-state index contributed by atoms with van der Waals surface area (Å²) in [6, 6.07) is 11.1. The first kappa shape index (κ1) is 26.1. The molecular formula is C25H31NO6S. The molecule has 0 fully saturated rings. The Morgan fingerprint density at radius 1 is 1.21 bits per heavy atom. The molecule has 0 heterocycles. The van der Waals surface area contributed by atoms with Crippen molar-refractivity contribution in [3.8, 4) is 5.75 Å². The van der Waals surface area contributed by atoms with E-state index in [1.807, 2.05) is 26.0 Å². The van der Waals surface area contributed by atoms with E-state index in [4.69, 9.17) is 9.47 Å². The second kappa shape index (κ2) is 12.2. The smallest absolute Gasteiger partial charge is 0.269 e. The van der Waals surface area contributed by atoms with Crippen LogP contribution in [0.2, 0.25) is 0 Å². The normalized spacial score (nSPS) is 12.8. The van der Waals surface area contributed by atoms with Gasteiger partial charge in [0.25, 0.3) is 5.69 Å². The minimum absolute atomic E-state index is 0.0862. The molecule has 2 aromatic carbocycles. The van der Waals surface area contributed by atoms with Crippen LogP contribution in [0.1, 0.15) is 44.2 Å². The van der Waals surface area contributed by atoms with Gasteiger partial charge in [-0.3, -0.25) is 10.1 Å². The predicted octanol–water partition coefficient (Wildman–Crippen LogP) is 5.63. The van der Waals surface area contributed by atoms with Gasteiger partial charge in [0, 0.05) is 12.1 Å². The van der Waals surface area contributed by atoms with Crippen molar-refractivity contribution >= 4 is 15.5 Å². The van der Waals surface area contributed by atoms with Crippen LogP contribution in [0, 0.1) is 10.1 Å². The number of hydrogen-bond acceptors (Lipinski definition) is 6. The average Bonchev–Trinajstić information content (AvgIpc) is 2.80. The lowest BCUT2D eigenvalue weighted by Gasteiger charge is -2.14. The van der Waals surface area contributed by atoms with E-state index in [0.29, 0.717) is 23.3 Å². The molecule has 2 rings (SSSR count). The number of ether oxygens (including phenoxy) is 2. The Morgan fingerprint density at radius 3 is 2.48 bits per heavy atom. The summed E-state index contributed by atoms with van der Waals surface area (Å²) in [5, 5.41) is 11.3. The van der Waals surface area contributed by atoms with Crippen LogP contribution < -0.4 is 4.74 Å². The third-order valence-corrected chi connectivity index (χ3v) is 6.97.